The summed E-state index contributed by atoms with van der Waals surface area (Å²) >= 11 is 0. The molecule has 0 bridgehead atoms. The number of nitrogens with one attached hydrogen (secondary N) is 1. The minimum Gasteiger partial charge on any atom is -0.381 e. The van der Waals surface area contributed by atoms with E-state index < -0.39 is 9.84 Å². The second-order valence-corrected chi connectivity index (χ2v) is 8.59. The van der Waals surface area contributed by atoms with Crippen molar-refractivity contribution in [2.45, 2.75) is 74.8 Å². The van der Waals surface area contributed by atoms with E-state index in [2.05, 4.69) is 12.2 Å². The van der Waals surface area contributed by atoms with Gasteiger partial charge in [-0.1, -0.05) is 26.2 Å². The summed E-state index contributed by atoms with van der Waals surface area (Å²) in [5, 5.41) is 3.14. The van der Waals surface area contributed by atoms with Crippen molar-refractivity contribution < 1.29 is 13.2 Å². The lowest BCUT2D eigenvalue weighted by atomic mass is 10.1. The molecule has 2 unspecified atom stereocenters. The first kappa shape index (κ1) is 16.2. The maximum atomic E-state index is 13.0. The van der Waals surface area contributed by atoms with Crippen LogP contribution in [0.2, 0.25) is 0 Å². The second-order valence-electron chi connectivity index (χ2n) is 6.14. The average molecular weight is 303 g/mol. The van der Waals surface area contributed by atoms with Crippen molar-refractivity contribution in [1.29, 1.82) is 0 Å². The molecule has 118 valence electrons. The third-order valence-corrected chi connectivity index (χ3v) is 7.47. The normalized spacial score (nSPS) is 30.1. The molecule has 0 aromatic carbocycles. The predicted molar refractivity (Wildman–Crippen MR) is 81.7 cm³/mol. The van der Waals surface area contributed by atoms with E-state index in [0.29, 0.717) is 26.1 Å². The minimum atomic E-state index is -3.03. The molecule has 4 nitrogen and oxygen atoms in total. The Morgan fingerprint density at radius 1 is 1.05 bits per heavy atom. The second kappa shape index (κ2) is 7.76. The molecule has 20 heavy (non-hydrogen) atoms. The Labute approximate surface area is 123 Å². The van der Waals surface area contributed by atoms with E-state index in [1.807, 2.05) is 0 Å². The first-order chi connectivity index (χ1) is 9.66. The largest absolute Gasteiger partial charge is 0.381 e. The van der Waals surface area contributed by atoms with Crippen molar-refractivity contribution in [3.63, 3.8) is 0 Å². The lowest BCUT2D eigenvalue weighted by Gasteiger charge is -2.31. The van der Waals surface area contributed by atoms with E-state index in [1.54, 1.807) is 0 Å². The first-order valence-electron chi connectivity index (χ1n) is 8.20. The van der Waals surface area contributed by atoms with Gasteiger partial charge in [0.25, 0.3) is 0 Å². The van der Waals surface area contributed by atoms with Crippen molar-refractivity contribution >= 4 is 9.84 Å². The van der Waals surface area contributed by atoms with Crippen LogP contribution in [0.4, 0.5) is 0 Å². The molecular weight excluding hydrogens is 274 g/mol. The highest BCUT2D eigenvalue weighted by atomic mass is 32.2. The molecule has 1 N–H and O–H groups in total. The molecule has 1 saturated heterocycles. The highest BCUT2D eigenvalue weighted by Crippen LogP contribution is 2.29. The molecule has 1 saturated carbocycles. The molecule has 1 heterocycles. The zero-order chi connectivity index (χ0) is 14.4. The number of ether oxygens (including phenoxy) is 1. The fourth-order valence-electron chi connectivity index (χ4n) is 3.48. The van der Waals surface area contributed by atoms with Crippen LogP contribution in [0.3, 0.4) is 0 Å². The van der Waals surface area contributed by atoms with Gasteiger partial charge >= 0.3 is 0 Å². The van der Waals surface area contributed by atoms with Crippen LogP contribution in [0.15, 0.2) is 0 Å². The van der Waals surface area contributed by atoms with E-state index in [1.165, 1.54) is 6.42 Å². The minimum absolute atomic E-state index is 0.158. The van der Waals surface area contributed by atoms with Gasteiger partial charge in [0.2, 0.25) is 0 Å². The standard InChI is InChI=1S/C15H29NO3S/c1-2-10-16-14-6-4-3-5-7-15(14)20(17,18)13-8-11-19-12-9-13/h13-16H,2-12H2,1H3. The molecule has 2 aliphatic rings. The summed E-state index contributed by atoms with van der Waals surface area (Å²) in [7, 11) is -3.03. The van der Waals surface area contributed by atoms with Crippen LogP contribution in [0, 0.1) is 0 Å². The fourth-order valence-corrected chi connectivity index (χ4v) is 6.01. The lowest BCUT2D eigenvalue weighted by Crippen LogP contribution is -2.48. The molecule has 5 heteroatoms. The van der Waals surface area contributed by atoms with Crippen molar-refractivity contribution in [2.75, 3.05) is 19.8 Å². The number of hydrogen-bond donors (Lipinski definition) is 1. The molecule has 1 aliphatic heterocycles. The van der Waals surface area contributed by atoms with Gasteiger partial charge in [-0.2, -0.15) is 0 Å². The molecular formula is C15H29NO3S. The molecule has 1 aliphatic carbocycles. The summed E-state index contributed by atoms with van der Waals surface area (Å²) in [4.78, 5) is 0. The Balaban J connectivity index is 2.11. The first-order valence-corrected chi connectivity index (χ1v) is 9.81. The van der Waals surface area contributed by atoms with Crippen molar-refractivity contribution in [3.8, 4) is 0 Å². The van der Waals surface area contributed by atoms with Crippen molar-refractivity contribution in [1.82, 2.24) is 5.32 Å². The molecule has 2 rings (SSSR count). The van der Waals surface area contributed by atoms with Crippen LogP contribution >= 0.6 is 0 Å². The third-order valence-electron chi connectivity index (χ3n) is 4.66. The summed E-state index contributed by atoms with van der Waals surface area (Å²) in [5.74, 6) is 0. The zero-order valence-electron chi connectivity index (χ0n) is 12.6. The zero-order valence-corrected chi connectivity index (χ0v) is 13.5. The van der Waals surface area contributed by atoms with E-state index in [4.69, 9.17) is 4.74 Å². The Hall–Kier alpha value is -0.130. The lowest BCUT2D eigenvalue weighted by molar-refractivity contribution is 0.0980. The topological polar surface area (TPSA) is 55.4 Å². The van der Waals surface area contributed by atoms with Gasteiger partial charge < -0.3 is 10.1 Å². The Morgan fingerprint density at radius 3 is 2.45 bits per heavy atom. The summed E-state index contributed by atoms with van der Waals surface area (Å²) in [5.41, 5.74) is 0. The Kier molecular flexibility index (Phi) is 6.30. The van der Waals surface area contributed by atoms with Crippen LogP contribution in [-0.4, -0.2) is 44.7 Å². The van der Waals surface area contributed by atoms with Gasteiger partial charge in [-0.25, -0.2) is 8.42 Å². The molecule has 0 amide bonds. The number of sulfone groups is 1. The van der Waals surface area contributed by atoms with Gasteiger partial charge in [-0.3, -0.25) is 0 Å². The van der Waals surface area contributed by atoms with Crippen LogP contribution in [-0.2, 0) is 14.6 Å². The van der Waals surface area contributed by atoms with Gasteiger partial charge in [0.15, 0.2) is 9.84 Å². The third kappa shape index (κ3) is 3.95. The monoisotopic (exact) mass is 303 g/mol. The molecule has 0 spiro atoms. The van der Waals surface area contributed by atoms with Gasteiger partial charge in [-0.05, 0) is 38.6 Å². The van der Waals surface area contributed by atoms with Crippen molar-refractivity contribution in [3.05, 3.63) is 0 Å². The summed E-state index contributed by atoms with van der Waals surface area (Å²) in [6.07, 6.45) is 7.64. The van der Waals surface area contributed by atoms with Crippen molar-refractivity contribution in [2.24, 2.45) is 0 Å². The summed E-state index contributed by atoms with van der Waals surface area (Å²) < 4.78 is 31.3. The van der Waals surface area contributed by atoms with Gasteiger partial charge in [0, 0.05) is 19.3 Å². The van der Waals surface area contributed by atoms with Crippen LogP contribution < -0.4 is 5.32 Å². The van der Waals surface area contributed by atoms with Crippen LogP contribution in [0.25, 0.3) is 0 Å². The smallest absolute Gasteiger partial charge is 0.157 e. The number of rotatable bonds is 5. The predicted octanol–water partition coefficient (Wildman–Crippen LogP) is 2.28. The molecule has 0 aromatic heterocycles. The summed E-state index contributed by atoms with van der Waals surface area (Å²) in [6.45, 7) is 4.25. The molecule has 2 fully saturated rings. The molecule has 0 radical (unpaired) electrons. The van der Waals surface area contributed by atoms with E-state index in [0.717, 1.165) is 38.6 Å². The Morgan fingerprint density at radius 2 is 1.75 bits per heavy atom. The molecule has 2 atom stereocenters. The Bertz CT molecular complexity index is 377. The molecule has 0 aromatic rings. The van der Waals surface area contributed by atoms with Gasteiger partial charge in [-0.15, -0.1) is 0 Å². The maximum absolute atomic E-state index is 13.0. The van der Waals surface area contributed by atoms with Crippen LogP contribution in [0.5, 0.6) is 0 Å². The number of hydrogen-bond acceptors (Lipinski definition) is 4. The highest BCUT2D eigenvalue weighted by molar-refractivity contribution is 7.92. The highest BCUT2D eigenvalue weighted by Gasteiger charge is 2.39. The fraction of sp³-hybridized carbons (Fsp3) is 1.00. The van der Waals surface area contributed by atoms with Crippen LogP contribution in [0.1, 0.15) is 58.3 Å². The SMILES string of the molecule is CCCNC1CCCCCC1S(=O)(=O)C1CCOCC1. The van der Waals surface area contributed by atoms with Gasteiger partial charge in [0.05, 0.1) is 10.5 Å². The summed E-state index contributed by atoms with van der Waals surface area (Å²) in [6, 6.07) is 0.158. The van der Waals surface area contributed by atoms with Gasteiger partial charge in [0.1, 0.15) is 0 Å². The van der Waals surface area contributed by atoms with E-state index in [9.17, 15) is 8.42 Å². The average Bonchev–Trinajstić information content (AvgIpc) is 2.72. The van der Waals surface area contributed by atoms with E-state index >= 15 is 0 Å². The van der Waals surface area contributed by atoms with E-state index in [-0.39, 0.29) is 16.5 Å². The maximum Gasteiger partial charge on any atom is 0.157 e. The quantitative estimate of drug-likeness (QED) is 0.792.